The van der Waals surface area contributed by atoms with Crippen LogP contribution in [-0.4, -0.2) is 34.7 Å². The van der Waals surface area contributed by atoms with Gasteiger partial charge in [-0.15, -0.1) is 0 Å². The summed E-state index contributed by atoms with van der Waals surface area (Å²) in [6, 6.07) is 3.39. The summed E-state index contributed by atoms with van der Waals surface area (Å²) in [6.45, 7) is 0.629. The van der Waals surface area contributed by atoms with Crippen LogP contribution >= 0.6 is 0 Å². The molecule has 0 fully saturated rings. The van der Waals surface area contributed by atoms with E-state index >= 15 is 0 Å². The molecule has 0 unspecified atom stereocenters. The SMILES string of the molecule is COC(=O)c1cc(NCCc2ncon2)ccn1. The third-order valence-electron chi connectivity index (χ3n) is 2.24. The van der Waals surface area contributed by atoms with Gasteiger partial charge in [0.15, 0.2) is 5.82 Å². The highest BCUT2D eigenvalue weighted by molar-refractivity contribution is 5.88. The molecule has 7 nitrogen and oxygen atoms in total. The van der Waals surface area contributed by atoms with Crippen LogP contribution in [0.25, 0.3) is 0 Å². The average molecular weight is 248 g/mol. The molecule has 0 radical (unpaired) electrons. The Kier molecular flexibility index (Phi) is 3.85. The molecule has 7 heteroatoms. The van der Waals surface area contributed by atoms with E-state index in [9.17, 15) is 4.79 Å². The topological polar surface area (TPSA) is 90.1 Å². The van der Waals surface area contributed by atoms with Gasteiger partial charge in [-0.1, -0.05) is 5.16 Å². The lowest BCUT2D eigenvalue weighted by Gasteiger charge is -2.05. The molecule has 0 bridgehead atoms. The van der Waals surface area contributed by atoms with E-state index in [2.05, 4.69) is 29.7 Å². The zero-order valence-corrected chi connectivity index (χ0v) is 9.79. The predicted octanol–water partition coefficient (Wildman–Crippen LogP) is 0.906. The normalized spacial score (nSPS) is 10.1. The van der Waals surface area contributed by atoms with Crippen LogP contribution in [0.5, 0.6) is 0 Å². The molecule has 0 atom stereocenters. The van der Waals surface area contributed by atoms with E-state index in [-0.39, 0.29) is 5.69 Å². The molecule has 0 aliphatic heterocycles. The van der Waals surface area contributed by atoms with Crippen molar-refractivity contribution in [3.63, 3.8) is 0 Å². The van der Waals surface area contributed by atoms with Crippen LogP contribution in [0.1, 0.15) is 16.3 Å². The summed E-state index contributed by atoms with van der Waals surface area (Å²) < 4.78 is 9.22. The molecular weight excluding hydrogens is 236 g/mol. The second kappa shape index (κ2) is 5.76. The van der Waals surface area contributed by atoms with E-state index < -0.39 is 5.97 Å². The van der Waals surface area contributed by atoms with Gasteiger partial charge in [-0.3, -0.25) is 0 Å². The van der Waals surface area contributed by atoms with Gasteiger partial charge < -0.3 is 14.6 Å². The van der Waals surface area contributed by atoms with Crippen molar-refractivity contribution in [2.24, 2.45) is 0 Å². The number of nitrogens with zero attached hydrogens (tertiary/aromatic N) is 3. The van der Waals surface area contributed by atoms with Gasteiger partial charge in [0.2, 0.25) is 6.39 Å². The first-order valence-corrected chi connectivity index (χ1v) is 5.33. The van der Waals surface area contributed by atoms with Crippen LogP contribution in [0.4, 0.5) is 5.69 Å². The molecule has 2 rings (SSSR count). The van der Waals surface area contributed by atoms with Crippen molar-refractivity contribution in [3.05, 3.63) is 36.2 Å². The smallest absolute Gasteiger partial charge is 0.356 e. The summed E-state index contributed by atoms with van der Waals surface area (Å²) in [7, 11) is 1.32. The van der Waals surface area contributed by atoms with Crippen molar-refractivity contribution in [3.8, 4) is 0 Å². The molecule has 2 aromatic rings. The van der Waals surface area contributed by atoms with Crippen molar-refractivity contribution < 1.29 is 14.1 Å². The summed E-state index contributed by atoms with van der Waals surface area (Å²) in [6.07, 6.45) is 3.46. The second-order valence-electron chi connectivity index (χ2n) is 3.45. The Labute approximate surface area is 103 Å². The maximum Gasteiger partial charge on any atom is 0.356 e. The van der Waals surface area contributed by atoms with Gasteiger partial charge in [-0.2, -0.15) is 4.98 Å². The first kappa shape index (κ1) is 12.0. The molecule has 2 heterocycles. The van der Waals surface area contributed by atoms with E-state index in [0.717, 1.165) is 5.69 Å². The van der Waals surface area contributed by atoms with Crippen molar-refractivity contribution in [1.29, 1.82) is 0 Å². The fourth-order valence-electron chi connectivity index (χ4n) is 1.38. The van der Waals surface area contributed by atoms with Crippen molar-refractivity contribution in [2.75, 3.05) is 19.0 Å². The number of aromatic nitrogens is 3. The number of ether oxygens (including phenoxy) is 1. The molecule has 0 aromatic carbocycles. The Morgan fingerprint density at radius 3 is 3.11 bits per heavy atom. The lowest BCUT2D eigenvalue weighted by molar-refractivity contribution is 0.0594. The largest absolute Gasteiger partial charge is 0.464 e. The highest BCUT2D eigenvalue weighted by atomic mass is 16.5. The minimum absolute atomic E-state index is 0.266. The standard InChI is InChI=1S/C11H12N4O3/c1-17-11(16)9-6-8(2-4-13-9)12-5-3-10-14-7-18-15-10/h2,4,6-7H,3,5H2,1H3,(H,12,13). The highest BCUT2D eigenvalue weighted by Gasteiger charge is 2.07. The Balaban J connectivity index is 1.91. The molecule has 0 spiro atoms. The molecule has 94 valence electrons. The predicted molar refractivity (Wildman–Crippen MR) is 62.1 cm³/mol. The number of hydrogen-bond donors (Lipinski definition) is 1. The minimum Gasteiger partial charge on any atom is -0.464 e. The third-order valence-corrected chi connectivity index (χ3v) is 2.24. The Hall–Kier alpha value is -2.44. The van der Waals surface area contributed by atoms with E-state index in [1.54, 1.807) is 18.3 Å². The zero-order valence-electron chi connectivity index (χ0n) is 9.79. The number of anilines is 1. The summed E-state index contributed by atoms with van der Waals surface area (Å²) >= 11 is 0. The maximum absolute atomic E-state index is 11.3. The van der Waals surface area contributed by atoms with Crippen LogP contribution < -0.4 is 5.32 Å². The van der Waals surface area contributed by atoms with Crippen molar-refractivity contribution in [2.45, 2.75) is 6.42 Å². The van der Waals surface area contributed by atoms with Gasteiger partial charge in [0, 0.05) is 24.8 Å². The van der Waals surface area contributed by atoms with Crippen LogP contribution in [0.3, 0.4) is 0 Å². The van der Waals surface area contributed by atoms with Gasteiger partial charge in [-0.25, -0.2) is 9.78 Å². The zero-order chi connectivity index (χ0) is 12.8. The molecular formula is C11H12N4O3. The molecule has 18 heavy (non-hydrogen) atoms. The summed E-state index contributed by atoms with van der Waals surface area (Å²) in [4.78, 5) is 19.1. The molecule has 0 saturated carbocycles. The summed E-state index contributed by atoms with van der Waals surface area (Å²) in [5.41, 5.74) is 1.05. The molecule has 1 N–H and O–H groups in total. The number of hydrogen-bond acceptors (Lipinski definition) is 7. The molecule has 0 amide bonds. The highest BCUT2D eigenvalue weighted by Crippen LogP contribution is 2.08. The number of rotatable bonds is 5. The average Bonchev–Trinajstić information content (AvgIpc) is 2.91. The van der Waals surface area contributed by atoms with E-state index in [4.69, 9.17) is 0 Å². The Morgan fingerprint density at radius 1 is 1.50 bits per heavy atom. The summed E-state index contributed by atoms with van der Waals surface area (Å²) in [5, 5.41) is 6.83. The first-order valence-electron chi connectivity index (χ1n) is 5.33. The Morgan fingerprint density at radius 2 is 2.39 bits per heavy atom. The lowest BCUT2D eigenvalue weighted by atomic mass is 10.3. The monoisotopic (exact) mass is 248 g/mol. The number of esters is 1. The van der Waals surface area contributed by atoms with Crippen LogP contribution in [0.15, 0.2) is 29.2 Å². The number of carbonyl (C=O) groups excluding carboxylic acids is 1. The quantitative estimate of drug-likeness (QED) is 0.786. The molecule has 2 aromatic heterocycles. The van der Waals surface area contributed by atoms with Crippen LogP contribution in [0, 0.1) is 0 Å². The third kappa shape index (κ3) is 3.03. The summed E-state index contributed by atoms with van der Waals surface area (Å²) in [5.74, 6) is 0.168. The second-order valence-corrected chi connectivity index (χ2v) is 3.45. The minimum atomic E-state index is -0.461. The molecule has 0 saturated heterocycles. The van der Waals surface area contributed by atoms with E-state index in [1.165, 1.54) is 13.5 Å². The first-order chi connectivity index (χ1) is 8.79. The van der Waals surface area contributed by atoms with Crippen molar-refractivity contribution in [1.82, 2.24) is 15.1 Å². The number of carbonyl (C=O) groups is 1. The maximum atomic E-state index is 11.3. The number of pyridine rings is 1. The van der Waals surface area contributed by atoms with Gasteiger partial charge >= 0.3 is 5.97 Å². The fourth-order valence-corrected chi connectivity index (χ4v) is 1.38. The molecule has 0 aliphatic carbocycles. The number of methoxy groups -OCH3 is 1. The van der Waals surface area contributed by atoms with E-state index in [1.807, 2.05) is 0 Å². The van der Waals surface area contributed by atoms with Crippen molar-refractivity contribution >= 4 is 11.7 Å². The van der Waals surface area contributed by atoms with Gasteiger partial charge in [-0.05, 0) is 12.1 Å². The van der Waals surface area contributed by atoms with Gasteiger partial charge in [0.05, 0.1) is 7.11 Å². The Bertz CT molecular complexity index is 513. The number of nitrogens with one attached hydrogen (secondary N) is 1. The fraction of sp³-hybridized carbons (Fsp3) is 0.273. The van der Waals surface area contributed by atoms with Crippen LogP contribution in [0.2, 0.25) is 0 Å². The lowest BCUT2D eigenvalue weighted by Crippen LogP contribution is -2.08. The molecule has 0 aliphatic rings. The van der Waals surface area contributed by atoms with Gasteiger partial charge in [0.25, 0.3) is 0 Å². The van der Waals surface area contributed by atoms with E-state index in [0.29, 0.717) is 18.8 Å². The van der Waals surface area contributed by atoms with Crippen LogP contribution in [-0.2, 0) is 11.2 Å². The van der Waals surface area contributed by atoms with Gasteiger partial charge in [0.1, 0.15) is 5.69 Å².